The van der Waals surface area contributed by atoms with E-state index in [-0.39, 0.29) is 35.4 Å². The lowest BCUT2D eigenvalue weighted by Gasteiger charge is -2.60. The number of fused-ring (bicyclic) bond motifs is 2. The standard InChI is InChI=1S/C22H30O5/c1-13-6-5-7-19-21(13,4)10-17(26-15(3)23)14(2)22(19)11-18(27-20(22)24)16-8-9-25-12-16/h6,8-9,12,14,17-20,24H,5,7,10-11H2,1-4H3/t14-,17+,18?,19+,20?,21+,22-/m0/s1. The lowest BCUT2D eigenvalue weighted by molar-refractivity contribution is -0.223. The van der Waals surface area contributed by atoms with Crippen molar-refractivity contribution < 1.29 is 23.8 Å². The fraction of sp³-hybridized carbons (Fsp3) is 0.682. The normalized spacial score (nSPS) is 44.0. The molecule has 2 aliphatic carbocycles. The van der Waals surface area contributed by atoms with Crippen LogP contribution in [-0.2, 0) is 14.3 Å². The molecule has 1 saturated heterocycles. The SMILES string of the molecule is CC(=O)O[C@@H]1C[C@]2(C)C(C)=CCC[C@H]2[C@]2(CC(c3ccoc3)OC2O)[C@H]1C. The Morgan fingerprint density at radius 2 is 2.15 bits per heavy atom. The third-order valence-corrected chi connectivity index (χ3v) is 7.78. The van der Waals surface area contributed by atoms with Crippen LogP contribution in [0.5, 0.6) is 0 Å². The van der Waals surface area contributed by atoms with Crippen LogP contribution in [0.3, 0.4) is 0 Å². The second-order valence-corrected chi connectivity index (χ2v) is 8.93. The van der Waals surface area contributed by atoms with Crippen LogP contribution < -0.4 is 0 Å². The van der Waals surface area contributed by atoms with Gasteiger partial charge >= 0.3 is 5.97 Å². The number of carbonyl (C=O) groups excluding carboxylic acids is 1. The van der Waals surface area contributed by atoms with Crippen molar-refractivity contribution in [2.75, 3.05) is 0 Å². The number of carbonyl (C=O) groups is 1. The molecule has 5 nitrogen and oxygen atoms in total. The van der Waals surface area contributed by atoms with Gasteiger partial charge in [0.05, 0.1) is 18.6 Å². The summed E-state index contributed by atoms with van der Waals surface area (Å²) in [6.45, 7) is 8.03. The molecular formula is C22H30O5. The van der Waals surface area contributed by atoms with Crippen molar-refractivity contribution in [2.45, 2.75) is 71.9 Å². The first kappa shape index (κ1) is 18.8. The molecule has 7 atom stereocenters. The highest BCUT2D eigenvalue weighted by Crippen LogP contribution is 2.67. The zero-order valence-corrected chi connectivity index (χ0v) is 16.6. The van der Waals surface area contributed by atoms with E-state index in [4.69, 9.17) is 13.9 Å². The van der Waals surface area contributed by atoms with Gasteiger partial charge in [-0.25, -0.2) is 0 Å². The Morgan fingerprint density at radius 1 is 1.37 bits per heavy atom. The lowest BCUT2D eigenvalue weighted by Crippen LogP contribution is -2.60. The van der Waals surface area contributed by atoms with Crippen LogP contribution >= 0.6 is 0 Å². The number of aliphatic hydroxyl groups excluding tert-OH is 1. The smallest absolute Gasteiger partial charge is 0.302 e. The van der Waals surface area contributed by atoms with E-state index in [0.717, 1.165) is 24.8 Å². The molecule has 2 unspecified atom stereocenters. The third kappa shape index (κ3) is 2.70. The van der Waals surface area contributed by atoms with E-state index < -0.39 is 11.7 Å². The molecule has 4 rings (SSSR count). The number of ether oxygens (including phenoxy) is 2. The molecule has 1 aromatic rings. The summed E-state index contributed by atoms with van der Waals surface area (Å²) in [5, 5.41) is 11.2. The minimum atomic E-state index is -0.888. The molecule has 2 heterocycles. The Balaban J connectivity index is 1.78. The van der Waals surface area contributed by atoms with Crippen LogP contribution in [0, 0.1) is 22.7 Å². The molecule has 0 aromatic carbocycles. The van der Waals surface area contributed by atoms with Gasteiger partial charge in [0.15, 0.2) is 6.29 Å². The van der Waals surface area contributed by atoms with Crippen LogP contribution in [-0.4, -0.2) is 23.5 Å². The van der Waals surface area contributed by atoms with Gasteiger partial charge in [0, 0.05) is 23.8 Å². The summed E-state index contributed by atoms with van der Waals surface area (Å²) in [6, 6.07) is 1.90. The first-order valence-electron chi connectivity index (χ1n) is 9.99. The van der Waals surface area contributed by atoms with Crippen molar-refractivity contribution >= 4 is 5.97 Å². The van der Waals surface area contributed by atoms with Gasteiger partial charge in [-0.2, -0.15) is 0 Å². The summed E-state index contributed by atoms with van der Waals surface area (Å²) in [6.07, 6.45) is 7.86. The van der Waals surface area contributed by atoms with Crippen molar-refractivity contribution in [2.24, 2.45) is 22.7 Å². The fourth-order valence-electron chi connectivity index (χ4n) is 6.21. The summed E-state index contributed by atoms with van der Waals surface area (Å²) >= 11 is 0. The van der Waals surface area contributed by atoms with Gasteiger partial charge in [-0.05, 0) is 50.0 Å². The predicted molar refractivity (Wildman–Crippen MR) is 99.5 cm³/mol. The lowest BCUT2D eigenvalue weighted by atomic mass is 9.45. The molecule has 0 amide bonds. The van der Waals surface area contributed by atoms with E-state index in [1.807, 2.05) is 6.07 Å². The molecule has 1 aliphatic heterocycles. The van der Waals surface area contributed by atoms with Gasteiger partial charge in [-0.1, -0.05) is 25.5 Å². The highest BCUT2D eigenvalue weighted by molar-refractivity contribution is 5.66. The molecule has 5 heteroatoms. The van der Waals surface area contributed by atoms with Gasteiger partial charge in [0.25, 0.3) is 0 Å². The fourth-order valence-corrected chi connectivity index (χ4v) is 6.21. The molecule has 0 bridgehead atoms. The van der Waals surface area contributed by atoms with E-state index in [0.29, 0.717) is 6.42 Å². The monoisotopic (exact) mass is 374 g/mol. The maximum atomic E-state index is 11.8. The van der Waals surface area contributed by atoms with Crippen LogP contribution in [0.15, 0.2) is 34.7 Å². The van der Waals surface area contributed by atoms with E-state index >= 15 is 0 Å². The molecule has 3 aliphatic rings. The van der Waals surface area contributed by atoms with Gasteiger partial charge in [0.2, 0.25) is 0 Å². The molecule has 1 aromatic heterocycles. The number of aliphatic hydroxyl groups is 1. The van der Waals surface area contributed by atoms with Crippen LogP contribution in [0.1, 0.15) is 65.0 Å². The second kappa shape index (κ2) is 6.49. The maximum Gasteiger partial charge on any atom is 0.302 e. The number of hydrogen-bond acceptors (Lipinski definition) is 5. The first-order chi connectivity index (χ1) is 12.8. The Kier molecular flexibility index (Phi) is 4.51. The van der Waals surface area contributed by atoms with E-state index in [1.165, 1.54) is 12.5 Å². The highest BCUT2D eigenvalue weighted by Gasteiger charge is 2.66. The summed E-state index contributed by atoms with van der Waals surface area (Å²) in [5.41, 5.74) is 1.73. The van der Waals surface area contributed by atoms with Crippen molar-refractivity contribution in [1.29, 1.82) is 0 Å². The van der Waals surface area contributed by atoms with E-state index in [2.05, 4.69) is 26.8 Å². The van der Waals surface area contributed by atoms with Gasteiger partial charge < -0.3 is 19.0 Å². The number of hydrogen-bond donors (Lipinski definition) is 1. The number of esters is 1. The molecule has 2 fully saturated rings. The van der Waals surface area contributed by atoms with E-state index in [9.17, 15) is 9.90 Å². The zero-order valence-electron chi connectivity index (χ0n) is 16.6. The molecular weight excluding hydrogens is 344 g/mol. The van der Waals surface area contributed by atoms with Crippen molar-refractivity contribution in [3.05, 3.63) is 35.8 Å². The van der Waals surface area contributed by atoms with Crippen molar-refractivity contribution in [1.82, 2.24) is 0 Å². The Bertz CT molecular complexity index is 738. The summed E-state index contributed by atoms with van der Waals surface area (Å²) in [4.78, 5) is 11.8. The largest absolute Gasteiger partial charge is 0.472 e. The Hall–Kier alpha value is -1.59. The van der Waals surface area contributed by atoms with Gasteiger partial charge in [0.1, 0.15) is 6.10 Å². The number of allylic oxidation sites excluding steroid dienone is 2. The molecule has 1 N–H and O–H groups in total. The quantitative estimate of drug-likeness (QED) is 0.614. The Labute approximate surface area is 160 Å². The van der Waals surface area contributed by atoms with Crippen molar-refractivity contribution in [3.63, 3.8) is 0 Å². The topological polar surface area (TPSA) is 68.9 Å². The van der Waals surface area contributed by atoms with Gasteiger partial charge in [-0.15, -0.1) is 0 Å². The Morgan fingerprint density at radius 3 is 2.81 bits per heavy atom. The molecule has 27 heavy (non-hydrogen) atoms. The minimum absolute atomic E-state index is 0.0114. The summed E-state index contributed by atoms with van der Waals surface area (Å²) in [5.74, 6) is 0.0299. The van der Waals surface area contributed by atoms with Crippen molar-refractivity contribution in [3.8, 4) is 0 Å². The van der Waals surface area contributed by atoms with Crippen LogP contribution in [0.4, 0.5) is 0 Å². The molecule has 0 radical (unpaired) electrons. The van der Waals surface area contributed by atoms with Gasteiger partial charge in [-0.3, -0.25) is 4.79 Å². The number of rotatable bonds is 2. The highest BCUT2D eigenvalue weighted by atomic mass is 16.6. The average molecular weight is 374 g/mol. The average Bonchev–Trinajstić information content (AvgIpc) is 3.23. The van der Waals surface area contributed by atoms with Crippen LogP contribution in [0.2, 0.25) is 0 Å². The maximum absolute atomic E-state index is 11.8. The molecule has 1 spiro atoms. The molecule has 1 saturated carbocycles. The minimum Gasteiger partial charge on any atom is -0.472 e. The second-order valence-electron chi connectivity index (χ2n) is 8.93. The first-order valence-corrected chi connectivity index (χ1v) is 9.99. The summed E-state index contributed by atoms with van der Waals surface area (Å²) in [7, 11) is 0. The summed E-state index contributed by atoms with van der Waals surface area (Å²) < 4.78 is 17.1. The number of furan rings is 1. The van der Waals surface area contributed by atoms with Crippen LogP contribution in [0.25, 0.3) is 0 Å². The molecule has 148 valence electrons. The predicted octanol–water partition coefficient (Wildman–Crippen LogP) is 4.38. The van der Waals surface area contributed by atoms with E-state index in [1.54, 1.807) is 12.5 Å². The zero-order chi connectivity index (χ0) is 19.4. The third-order valence-electron chi connectivity index (χ3n) is 7.78.